The molecule has 0 radical (unpaired) electrons. The zero-order valence-electron chi connectivity index (χ0n) is 15.9. The second-order valence-corrected chi connectivity index (χ2v) is 8.50. The molecule has 1 aromatic heterocycles. The monoisotopic (exact) mass is 358 g/mol. The lowest BCUT2D eigenvalue weighted by molar-refractivity contribution is -0.00811. The second kappa shape index (κ2) is 7.02. The summed E-state index contributed by atoms with van der Waals surface area (Å²) in [5.74, 6) is 2.49. The van der Waals surface area contributed by atoms with Crippen LogP contribution in [0, 0.1) is 17.3 Å². The second-order valence-electron chi connectivity index (χ2n) is 8.50. The number of nitrogens with one attached hydrogen (secondary N) is 2. The Kier molecular flexibility index (Phi) is 4.73. The van der Waals surface area contributed by atoms with E-state index in [0.29, 0.717) is 5.41 Å². The molecule has 26 heavy (non-hydrogen) atoms. The summed E-state index contributed by atoms with van der Waals surface area (Å²) in [6.07, 6.45) is 7.53. The fourth-order valence-corrected chi connectivity index (χ4v) is 4.81. The van der Waals surface area contributed by atoms with Crippen molar-refractivity contribution in [2.75, 3.05) is 32.7 Å². The molecule has 1 aliphatic heterocycles. The van der Waals surface area contributed by atoms with E-state index >= 15 is 0 Å². The molecule has 5 rings (SSSR count). The van der Waals surface area contributed by atoms with Crippen molar-refractivity contribution in [1.82, 2.24) is 30.3 Å². The van der Waals surface area contributed by atoms with Gasteiger partial charge in [0.15, 0.2) is 0 Å². The van der Waals surface area contributed by atoms with Gasteiger partial charge in [-0.2, -0.15) is 5.10 Å². The Bertz CT molecular complexity index is 660. The summed E-state index contributed by atoms with van der Waals surface area (Å²) < 4.78 is 0. The molecule has 1 aromatic rings. The third kappa shape index (κ3) is 3.37. The Labute approximate surface area is 155 Å². The number of allylic oxidation sites excluding steroid dienone is 1. The van der Waals surface area contributed by atoms with Crippen LogP contribution in [-0.4, -0.2) is 63.7 Å². The lowest BCUT2D eigenvalue weighted by atomic mass is 9.48. The molecule has 7 nitrogen and oxygen atoms in total. The molecule has 2 amide bonds. The SMILES string of the molecule is CC1(C)[C@H]2CC=C(CCNC(=O)N3CCN(Cc4ncn[nH]4)CC3)[C@@H]1C2. The Morgan fingerprint density at radius 1 is 1.35 bits per heavy atom. The van der Waals surface area contributed by atoms with Crippen molar-refractivity contribution in [2.45, 2.75) is 39.7 Å². The predicted molar refractivity (Wildman–Crippen MR) is 99.3 cm³/mol. The van der Waals surface area contributed by atoms with E-state index in [1.165, 1.54) is 19.2 Å². The van der Waals surface area contributed by atoms with Gasteiger partial charge < -0.3 is 10.2 Å². The van der Waals surface area contributed by atoms with Crippen LogP contribution in [0.25, 0.3) is 0 Å². The van der Waals surface area contributed by atoms with Crippen LogP contribution in [0.4, 0.5) is 4.79 Å². The van der Waals surface area contributed by atoms with Crippen molar-refractivity contribution in [3.05, 3.63) is 23.8 Å². The number of H-pyrrole nitrogens is 1. The highest BCUT2D eigenvalue weighted by molar-refractivity contribution is 5.74. The molecule has 0 aromatic carbocycles. The lowest BCUT2D eigenvalue weighted by Crippen LogP contribution is -2.52. The number of aromatic amines is 1. The van der Waals surface area contributed by atoms with Gasteiger partial charge in [-0.1, -0.05) is 25.5 Å². The highest BCUT2D eigenvalue weighted by Crippen LogP contribution is 2.59. The summed E-state index contributed by atoms with van der Waals surface area (Å²) in [7, 11) is 0. The number of fused-ring (bicyclic) bond motifs is 1. The Morgan fingerprint density at radius 2 is 2.15 bits per heavy atom. The standard InChI is InChI=1S/C19H30N6O/c1-19(2)15-4-3-14(16(19)11-15)5-6-20-18(26)25-9-7-24(8-10-25)12-17-21-13-22-23-17/h3,13,15-16H,4-12H2,1-2H3,(H,20,26)(H,21,22,23)/t15-,16-/m0/s1. The van der Waals surface area contributed by atoms with Gasteiger partial charge in [0.1, 0.15) is 12.2 Å². The first-order valence-electron chi connectivity index (χ1n) is 9.82. The predicted octanol–water partition coefficient (Wildman–Crippen LogP) is 2.01. The molecular weight excluding hydrogens is 328 g/mol. The zero-order valence-corrected chi connectivity index (χ0v) is 15.9. The average molecular weight is 358 g/mol. The van der Waals surface area contributed by atoms with E-state index < -0.39 is 0 Å². The van der Waals surface area contributed by atoms with Gasteiger partial charge >= 0.3 is 6.03 Å². The Hall–Kier alpha value is -1.89. The van der Waals surface area contributed by atoms with Crippen LogP contribution in [0.5, 0.6) is 0 Å². The lowest BCUT2D eigenvalue weighted by Gasteiger charge is -2.56. The minimum absolute atomic E-state index is 0.0754. The Morgan fingerprint density at radius 3 is 2.81 bits per heavy atom. The first-order chi connectivity index (χ1) is 12.5. The van der Waals surface area contributed by atoms with Gasteiger partial charge in [-0.3, -0.25) is 10.00 Å². The van der Waals surface area contributed by atoms with Crippen molar-refractivity contribution in [2.24, 2.45) is 17.3 Å². The van der Waals surface area contributed by atoms with Crippen LogP contribution in [0.3, 0.4) is 0 Å². The molecule has 142 valence electrons. The number of hydrogen-bond donors (Lipinski definition) is 2. The third-order valence-electron chi connectivity index (χ3n) is 6.77. The molecular formula is C19H30N6O. The van der Waals surface area contributed by atoms with E-state index in [1.807, 2.05) is 4.90 Å². The van der Waals surface area contributed by atoms with Crippen LogP contribution >= 0.6 is 0 Å². The molecule has 2 fully saturated rings. The summed E-state index contributed by atoms with van der Waals surface area (Å²) in [6.45, 7) is 9.58. The van der Waals surface area contributed by atoms with Gasteiger partial charge in [0, 0.05) is 32.7 Å². The summed E-state index contributed by atoms with van der Waals surface area (Å²) in [6, 6.07) is 0.0754. The molecule has 2 heterocycles. The highest BCUT2D eigenvalue weighted by atomic mass is 16.2. The van der Waals surface area contributed by atoms with Gasteiger partial charge in [-0.25, -0.2) is 9.78 Å². The minimum Gasteiger partial charge on any atom is -0.338 e. The molecule has 3 aliphatic carbocycles. The van der Waals surface area contributed by atoms with Crippen LogP contribution < -0.4 is 5.32 Å². The van der Waals surface area contributed by atoms with Gasteiger partial charge in [0.2, 0.25) is 0 Å². The number of carbonyl (C=O) groups excluding carboxylic acids is 1. The average Bonchev–Trinajstić information content (AvgIpc) is 3.15. The molecule has 1 saturated carbocycles. The van der Waals surface area contributed by atoms with Crippen LogP contribution in [0.2, 0.25) is 0 Å². The number of rotatable bonds is 5. The third-order valence-corrected chi connectivity index (χ3v) is 6.77. The van der Waals surface area contributed by atoms with Gasteiger partial charge in [0.05, 0.1) is 6.54 Å². The van der Waals surface area contributed by atoms with Crippen molar-refractivity contribution in [1.29, 1.82) is 0 Å². The molecule has 2 bridgehead atoms. The molecule has 7 heteroatoms. The van der Waals surface area contributed by atoms with Crippen LogP contribution in [0.1, 0.15) is 38.9 Å². The van der Waals surface area contributed by atoms with Crippen molar-refractivity contribution in [3.63, 3.8) is 0 Å². The van der Waals surface area contributed by atoms with E-state index in [9.17, 15) is 4.79 Å². The normalized spacial score (nSPS) is 27.6. The smallest absolute Gasteiger partial charge is 0.317 e. The van der Waals surface area contributed by atoms with Gasteiger partial charge in [-0.05, 0) is 36.5 Å². The zero-order chi connectivity index (χ0) is 18.1. The molecule has 2 N–H and O–H groups in total. The number of carbonyl (C=O) groups is 1. The quantitative estimate of drug-likeness (QED) is 0.790. The fraction of sp³-hybridized carbons (Fsp3) is 0.737. The summed E-state index contributed by atoms with van der Waals surface area (Å²) in [4.78, 5) is 20.8. The van der Waals surface area contributed by atoms with Crippen LogP contribution in [-0.2, 0) is 6.54 Å². The molecule has 0 unspecified atom stereocenters. The van der Waals surface area contributed by atoms with E-state index in [2.05, 4.69) is 45.3 Å². The maximum absolute atomic E-state index is 12.4. The number of nitrogens with zero attached hydrogens (tertiary/aromatic N) is 4. The van der Waals surface area contributed by atoms with Crippen molar-refractivity contribution < 1.29 is 4.79 Å². The summed E-state index contributed by atoms with van der Waals surface area (Å²) >= 11 is 0. The van der Waals surface area contributed by atoms with Gasteiger partial charge in [-0.15, -0.1) is 0 Å². The summed E-state index contributed by atoms with van der Waals surface area (Å²) in [5, 5.41) is 9.89. The van der Waals surface area contributed by atoms with E-state index in [4.69, 9.17) is 0 Å². The number of aromatic nitrogens is 3. The largest absolute Gasteiger partial charge is 0.338 e. The maximum Gasteiger partial charge on any atom is 0.317 e. The molecule has 2 atom stereocenters. The highest BCUT2D eigenvalue weighted by Gasteiger charge is 2.50. The van der Waals surface area contributed by atoms with Crippen molar-refractivity contribution >= 4 is 6.03 Å². The maximum atomic E-state index is 12.4. The summed E-state index contributed by atoms with van der Waals surface area (Å²) in [5.41, 5.74) is 2.03. The fourth-order valence-electron chi connectivity index (χ4n) is 4.81. The van der Waals surface area contributed by atoms with E-state index in [0.717, 1.165) is 63.3 Å². The number of hydrogen-bond acceptors (Lipinski definition) is 4. The number of piperazine rings is 1. The topological polar surface area (TPSA) is 77.2 Å². The molecule has 1 saturated heterocycles. The minimum atomic E-state index is 0.0754. The van der Waals surface area contributed by atoms with Crippen molar-refractivity contribution in [3.8, 4) is 0 Å². The molecule has 0 spiro atoms. The van der Waals surface area contributed by atoms with Gasteiger partial charge in [0.25, 0.3) is 0 Å². The van der Waals surface area contributed by atoms with Crippen LogP contribution in [0.15, 0.2) is 18.0 Å². The number of urea groups is 1. The molecule has 4 aliphatic rings. The Balaban J connectivity index is 1.17. The van der Waals surface area contributed by atoms with E-state index in [-0.39, 0.29) is 6.03 Å². The number of amides is 2. The first kappa shape index (κ1) is 17.5. The van der Waals surface area contributed by atoms with E-state index in [1.54, 1.807) is 5.57 Å². The first-order valence-corrected chi connectivity index (χ1v) is 9.82.